The molecule has 0 radical (unpaired) electrons. The van der Waals surface area contributed by atoms with E-state index in [4.69, 9.17) is 0 Å². The summed E-state index contributed by atoms with van der Waals surface area (Å²) in [6.45, 7) is 9.06. The molecule has 1 aromatic heterocycles. The summed E-state index contributed by atoms with van der Waals surface area (Å²) in [6.07, 6.45) is 2.18. The van der Waals surface area contributed by atoms with Crippen LogP contribution in [0.25, 0.3) is 0 Å². The van der Waals surface area contributed by atoms with Gasteiger partial charge in [-0.25, -0.2) is 4.68 Å². The zero-order valence-corrected chi connectivity index (χ0v) is 9.54. The molecule has 0 amide bonds. The van der Waals surface area contributed by atoms with E-state index in [-0.39, 0.29) is 0 Å². The second kappa shape index (κ2) is 4.49. The summed E-state index contributed by atoms with van der Waals surface area (Å²) < 4.78 is 1.72. The highest BCUT2D eigenvalue weighted by atomic mass is 16.3. The highest BCUT2D eigenvalue weighted by Crippen LogP contribution is 2.28. The summed E-state index contributed by atoms with van der Waals surface area (Å²) in [6, 6.07) is 0. The lowest BCUT2D eigenvalue weighted by Gasteiger charge is -2.04. The number of hydrogen-bond donors (Lipinski definition) is 1. The molecular formula is C11H20N2O. The minimum Gasteiger partial charge on any atom is -0.493 e. The highest BCUT2D eigenvalue weighted by Gasteiger charge is 2.16. The third-order valence-corrected chi connectivity index (χ3v) is 2.45. The molecule has 0 unspecified atom stereocenters. The van der Waals surface area contributed by atoms with E-state index in [2.05, 4.69) is 25.9 Å². The molecule has 0 saturated carbocycles. The molecule has 80 valence electrons. The molecule has 0 spiro atoms. The van der Waals surface area contributed by atoms with Crippen molar-refractivity contribution in [1.29, 1.82) is 0 Å². The lowest BCUT2D eigenvalue weighted by molar-refractivity contribution is 0.387. The average Bonchev–Trinajstić information content (AvgIpc) is 2.38. The molecule has 0 bridgehead atoms. The largest absolute Gasteiger partial charge is 0.493 e. The van der Waals surface area contributed by atoms with Gasteiger partial charge in [0.25, 0.3) is 0 Å². The SMILES string of the molecule is CCCCn1nc(C)c(C(C)C)c1O. The molecule has 3 heteroatoms. The highest BCUT2D eigenvalue weighted by molar-refractivity contribution is 5.32. The molecule has 0 aromatic carbocycles. The molecule has 1 N–H and O–H groups in total. The first-order chi connectivity index (χ1) is 6.57. The Balaban J connectivity index is 2.92. The fourth-order valence-corrected chi connectivity index (χ4v) is 1.72. The van der Waals surface area contributed by atoms with Crippen molar-refractivity contribution in [2.24, 2.45) is 0 Å². The number of nitrogens with zero attached hydrogens (tertiary/aromatic N) is 2. The van der Waals surface area contributed by atoms with Crippen LogP contribution in [0.2, 0.25) is 0 Å². The van der Waals surface area contributed by atoms with E-state index in [0.29, 0.717) is 11.8 Å². The van der Waals surface area contributed by atoms with Gasteiger partial charge >= 0.3 is 0 Å². The summed E-state index contributed by atoms with van der Waals surface area (Å²) in [4.78, 5) is 0. The summed E-state index contributed by atoms with van der Waals surface area (Å²) in [5.74, 6) is 0.691. The van der Waals surface area contributed by atoms with E-state index >= 15 is 0 Å². The van der Waals surface area contributed by atoms with E-state index in [1.54, 1.807) is 4.68 Å². The van der Waals surface area contributed by atoms with Crippen LogP contribution in [0.15, 0.2) is 0 Å². The van der Waals surface area contributed by atoms with Crippen molar-refractivity contribution >= 4 is 0 Å². The molecule has 0 aliphatic rings. The number of unbranched alkanes of at least 4 members (excludes halogenated alkanes) is 1. The van der Waals surface area contributed by atoms with Crippen molar-refractivity contribution < 1.29 is 5.11 Å². The molecule has 0 atom stereocenters. The van der Waals surface area contributed by atoms with Gasteiger partial charge in [-0.1, -0.05) is 27.2 Å². The number of aryl methyl sites for hydroxylation is 2. The van der Waals surface area contributed by atoms with Gasteiger partial charge in [0.2, 0.25) is 5.88 Å². The zero-order chi connectivity index (χ0) is 10.7. The molecule has 1 aromatic rings. The Kier molecular flexibility index (Phi) is 3.55. The molecule has 3 nitrogen and oxygen atoms in total. The normalized spacial score (nSPS) is 11.2. The molecule has 14 heavy (non-hydrogen) atoms. The number of aromatic hydroxyl groups is 1. The molecular weight excluding hydrogens is 176 g/mol. The van der Waals surface area contributed by atoms with Crippen molar-refractivity contribution in [3.8, 4) is 5.88 Å². The Morgan fingerprint density at radius 2 is 2.07 bits per heavy atom. The standard InChI is InChI=1S/C11H20N2O/c1-5-6-7-13-11(14)10(8(2)3)9(4)12-13/h8,14H,5-7H2,1-4H3. The molecule has 0 aliphatic carbocycles. The van der Waals surface area contributed by atoms with Crippen LogP contribution in [-0.4, -0.2) is 14.9 Å². The van der Waals surface area contributed by atoms with E-state index in [9.17, 15) is 5.11 Å². The van der Waals surface area contributed by atoms with Crippen LogP contribution in [0.1, 0.15) is 50.8 Å². The van der Waals surface area contributed by atoms with E-state index in [1.165, 1.54) is 0 Å². The van der Waals surface area contributed by atoms with Gasteiger partial charge in [-0.15, -0.1) is 0 Å². The third-order valence-electron chi connectivity index (χ3n) is 2.45. The van der Waals surface area contributed by atoms with Crippen molar-refractivity contribution in [1.82, 2.24) is 9.78 Å². The monoisotopic (exact) mass is 196 g/mol. The fourth-order valence-electron chi connectivity index (χ4n) is 1.72. The average molecular weight is 196 g/mol. The van der Waals surface area contributed by atoms with Crippen LogP contribution in [0.5, 0.6) is 5.88 Å². The van der Waals surface area contributed by atoms with Crippen molar-refractivity contribution in [2.75, 3.05) is 0 Å². The van der Waals surface area contributed by atoms with E-state index in [0.717, 1.165) is 30.6 Å². The molecule has 0 aliphatic heterocycles. The summed E-state index contributed by atoms with van der Waals surface area (Å²) in [5, 5.41) is 14.2. The van der Waals surface area contributed by atoms with Crippen LogP contribution in [0, 0.1) is 6.92 Å². The minimum absolute atomic E-state index is 0.338. The van der Waals surface area contributed by atoms with Crippen molar-refractivity contribution in [2.45, 2.75) is 53.0 Å². The first-order valence-corrected chi connectivity index (χ1v) is 5.34. The van der Waals surface area contributed by atoms with Crippen LogP contribution >= 0.6 is 0 Å². The number of aromatic nitrogens is 2. The Morgan fingerprint density at radius 3 is 2.50 bits per heavy atom. The first-order valence-electron chi connectivity index (χ1n) is 5.34. The van der Waals surface area contributed by atoms with Crippen LogP contribution in [-0.2, 0) is 6.54 Å². The summed E-state index contributed by atoms with van der Waals surface area (Å²) >= 11 is 0. The minimum atomic E-state index is 0.338. The lowest BCUT2D eigenvalue weighted by atomic mass is 10.0. The second-order valence-electron chi connectivity index (χ2n) is 4.05. The molecule has 1 heterocycles. The van der Waals surface area contributed by atoms with Crippen LogP contribution in [0.4, 0.5) is 0 Å². The smallest absolute Gasteiger partial charge is 0.213 e. The van der Waals surface area contributed by atoms with Crippen LogP contribution < -0.4 is 0 Å². The topological polar surface area (TPSA) is 38.0 Å². The second-order valence-corrected chi connectivity index (χ2v) is 4.05. The summed E-state index contributed by atoms with van der Waals surface area (Å²) in [7, 11) is 0. The maximum Gasteiger partial charge on any atom is 0.213 e. The third kappa shape index (κ3) is 2.08. The van der Waals surface area contributed by atoms with Gasteiger partial charge in [0, 0.05) is 12.1 Å². The molecule has 0 fully saturated rings. The van der Waals surface area contributed by atoms with Gasteiger partial charge in [-0.2, -0.15) is 5.10 Å². The van der Waals surface area contributed by atoms with Crippen molar-refractivity contribution in [3.05, 3.63) is 11.3 Å². The predicted octanol–water partition coefficient (Wildman–Crippen LogP) is 2.82. The fraction of sp³-hybridized carbons (Fsp3) is 0.727. The van der Waals surface area contributed by atoms with Crippen LogP contribution in [0.3, 0.4) is 0 Å². The maximum atomic E-state index is 9.91. The molecule has 1 rings (SSSR count). The maximum absolute atomic E-state index is 9.91. The summed E-state index contributed by atoms with van der Waals surface area (Å²) in [5.41, 5.74) is 1.94. The Morgan fingerprint density at radius 1 is 1.43 bits per heavy atom. The lowest BCUT2D eigenvalue weighted by Crippen LogP contribution is -1.99. The van der Waals surface area contributed by atoms with Gasteiger partial charge in [0.05, 0.1) is 5.69 Å². The number of rotatable bonds is 4. The first kappa shape index (κ1) is 11.1. The number of hydrogen-bond acceptors (Lipinski definition) is 2. The Hall–Kier alpha value is -0.990. The van der Waals surface area contributed by atoms with Gasteiger partial charge in [0.1, 0.15) is 0 Å². The van der Waals surface area contributed by atoms with Crippen molar-refractivity contribution in [3.63, 3.8) is 0 Å². The van der Waals surface area contributed by atoms with Gasteiger partial charge < -0.3 is 5.11 Å². The Bertz CT molecular complexity index is 302. The predicted molar refractivity (Wildman–Crippen MR) is 57.6 cm³/mol. The van der Waals surface area contributed by atoms with Gasteiger partial charge in [0.15, 0.2) is 0 Å². The van der Waals surface area contributed by atoms with Gasteiger partial charge in [-0.05, 0) is 19.3 Å². The van der Waals surface area contributed by atoms with E-state index in [1.807, 2.05) is 6.92 Å². The van der Waals surface area contributed by atoms with E-state index < -0.39 is 0 Å². The quantitative estimate of drug-likeness (QED) is 0.804. The van der Waals surface area contributed by atoms with Gasteiger partial charge in [-0.3, -0.25) is 0 Å². The zero-order valence-electron chi connectivity index (χ0n) is 9.54. The molecule has 0 saturated heterocycles. The Labute approximate surface area is 85.8 Å².